The number of hydrogen-bond acceptors (Lipinski definition) is 18. The molecule has 0 radical (unpaired) electrons. The van der Waals surface area contributed by atoms with Gasteiger partial charge in [-0.2, -0.15) is 13.7 Å². The van der Waals surface area contributed by atoms with E-state index in [1.807, 2.05) is 161 Å². The second kappa shape index (κ2) is 26.0. The van der Waals surface area contributed by atoms with Crippen molar-refractivity contribution in [1.29, 1.82) is 0 Å². The fourth-order valence-corrected chi connectivity index (χ4v) is 14.9. The molecule has 0 aliphatic carbocycles. The quantitative estimate of drug-likeness (QED) is 0.0400. The molecule has 0 amide bonds. The van der Waals surface area contributed by atoms with Crippen molar-refractivity contribution in [3.05, 3.63) is 118 Å². The Morgan fingerprint density at radius 2 is 0.552 bits per heavy atom. The lowest BCUT2D eigenvalue weighted by Crippen LogP contribution is -2.86. The molecule has 3 saturated heterocycles. The van der Waals surface area contributed by atoms with Crippen LogP contribution in [0.15, 0.2) is 50.8 Å². The highest BCUT2D eigenvalue weighted by atomic mass is 32.1. The summed E-state index contributed by atoms with van der Waals surface area (Å²) in [7, 11) is 0. The van der Waals surface area contributed by atoms with Crippen molar-refractivity contribution < 1.29 is 58.1 Å². The second-order valence-electron chi connectivity index (χ2n) is 33.0. The average molecular weight is 1380 g/mol. The van der Waals surface area contributed by atoms with E-state index < -0.39 is 101 Å². The van der Waals surface area contributed by atoms with Crippen molar-refractivity contribution in [2.45, 2.75) is 310 Å². The summed E-state index contributed by atoms with van der Waals surface area (Å²) in [6, 6.07) is 11.6. The molecular weight excluding hydrogens is 1280 g/mol. The predicted octanol–water partition coefficient (Wildman–Crippen LogP) is 14.3. The summed E-state index contributed by atoms with van der Waals surface area (Å²) < 4.78 is 39.7. The summed E-state index contributed by atoms with van der Waals surface area (Å²) in [6.45, 7) is 45.0. The first-order valence-corrected chi connectivity index (χ1v) is 35.0. The lowest BCUT2D eigenvalue weighted by Gasteiger charge is -2.58. The van der Waals surface area contributed by atoms with Crippen LogP contribution in [-0.2, 0) is 112 Å². The number of ether oxygens (including phenoxy) is 6. The molecule has 3 aliphatic rings. The molecule has 96 heavy (non-hydrogen) atoms. The smallest absolute Gasteiger partial charge is 0.378 e. The maximum absolute atomic E-state index is 16.8. The number of esters is 3. The van der Waals surface area contributed by atoms with E-state index in [-0.39, 0.29) is 90.2 Å². The van der Waals surface area contributed by atoms with Gasteiger partial charge in [0.15, 0.2) is 32.0 Å². The van der Waals surface area contributed by atoms with Gasteiger partial charge in [0.25, 0.3) is 0 Å². The van der Waals surface area contributed by atoms with E-state index in [1.165, 1.54) is 20.8 Å². The Hall–Kier alpha value is -6.45. The van der Waals surface area contributed by atoms with Gasteiger partial charge < -0.3 is 43.7 Å². The van der Waals surface area contributed by atoms with Gasteiger partial charge in [-0.05, 0) is 196 Å². The van der Waals surface area contributed by atoms with E-state index in [9.17, 15) is 15.3 Å². The molecule has 0 bridgehead atoms. The minimum absolute atomic E-state index is 0.112. The molecule has 4 heterocycles. The van der Waals surface area contributed by atoms with Gasteiger partial charge in [-0.1, -0.05) is 182 Å². The largest absolute Gasteiger partial charge is 0.507 e. The molecule has 4 aromatic rings. The lowest BCUT2D eigenvalue weighted by molar-refractivity contribution is -0.313. The topological polar surface area (TPSA) is 233 Å². The van der Waals surface area contributed by atoms with Crippen LogP contribution in [0.1, 0.15) is 274 Å². The molecule has 0 saturated carbocycles. The van der Waals surface area contributed by atoms with Gasteiger partial charge in [-0.25, -0.2) is 28.8 Å². The molecule has 3 aromatic carbocycles. The number of rotatable bonds is 21. The fourth-order valence-electron chi connectivity index (χ4n) is 14.6. The zero-order valence-corrected chi connectivity index (χ0v) is 63.7. The number of aromatic hydroxyl groups is 3. The van der Waals surface area contributed by atoms with E-state index >= 15 is 28.8 Å². The van der Waals surface area contributed by atoms with E-state index in [4.69, 9.17) is 65.1 Å². The molecule has 21 heteroatoms. The van der Waals surface area contributed by atoms with Gasteiger partial charge in [0.1, 0.15) is 17.2 Å². The summed E-state index contributed by atoms with van der Waals surface area (Å²) in [6.07, 6.45) is 0.836. The molecule has 3 aliphatic heterocycles. The minimum Gasteiger partial charge on any atom is -0.507 e. The van der Waals surface area contributed by atoms with E-state index in [2.05, 4.69) is 0 Å². The zero-order valence-electron chi connectivity index (χ0n) is 61.3. The van der Waals surface area contributed by atoms with Gasteiger partial charge in [0, 0.05) is 20.8 Å². The number of carbonyl (C=O) groups excluding carboxylic acids is 3. The molecule has 0 spiro atoms. The maximum Gasteiger partial charge on any atom is 0.378 e. The van der Waals surface area contributed by atoms with Gasteiger partial charge in [0.05, 0.1) is 0 Å². The highest BCUT2D eigenvalue weighted by Crippen LogP contribution is 2.55. The van der Waals surface area contributed by atoms with Gasteiger partial charge in [-0.15, -0.1) is 0 Å². The third kappa shape index (κ3) is 13.0. The monoisotopic (exact) mass is 1380 g/mol. The van der Waals surface area contributed by atoms with E-state index in [0.717, 1.165) is 16.7 Å². The van der Waals surface area contributed by atoms with E-state index in [1.54, 1.807) is 20.8 Å². The van der Waals surface area contributed by atoms with Crippen molar-refractivity contribution in [3.8, 4) is 17.2 Å². The molecule has 3 fully saturated rings. The van der Waals surface area contributed by atoms with Crippen molar-refractivity contribution in [2.24, 2.45) is 0 Å². The first-order valence-electron chi connectivity index (χ1n) is 33.7. The summed E-state index contributed by atoms with van der Waals surface area (Å²) in [5, 5.41) is 34.0. The Morgan fingerprint density at radius 3 is 0.688 bits per heavy atom. The van der Waals surface area contributed by atoms with Crippen LogP contribution in [0, 0.1) is 0 Å². The van der Waals surface area contributed by atoms with Crippen LogP contribution in [0.5, 0.6) is 17.2 Å². The van der Waals surface area contributed by atoms with Gasteiger partial charge >= 0.3 is 52.2 Å². The first kappa shape index (κ1) is 76.9. The molecule has 7 rings (SSSR count). The fraction of sp³-hybridized carbons (Fsp3) is 0.640. The SMILES string of the molecule is CCC1(CCCc2cc(C(C)(C)C)c(O)c(C(C)(C)C)c2)OC(=O)C1(OC(C)=S)n1c(=O)n(C2(OC(C)=S)C(=O)OC2(CC)CCCc2cc(C(C)(C)C)c(O)c(C(C)(C)C)c2)c(=O)n(C2(OC(C)=S)C(=O)OC2(CC)CCCc2cc(C(C)(C)C)c(O)c(C(C)(C)C)c2)c1=O. The van der Waals surface area contributed by atoms with Crippen LogP contribution in [0.3, 0.4) is 0 Å². The van der Waals surface area contributed by atoms with Crippen molar-refractivity contribution in [1.82, 2.24) is 13.7 Å². The molecular formula is C75H105N3O15S3. The number of cyclic esters (lactones) is 3. The van der Waals surface area contributed by atoms with Crippen LogP contribution in [0.2, 0.25) is 0 Å². The van der Waals surface area contributed by atoms with Crippen LogP contribution >= 0.6 is 36.7 Å². The number of carbonyl (C=O) groups is 3. The lowest BCUT2D eigenvalue weighted by atomic mass is 9.75. The van der Waals surface area contributed by atoms with Crippen molar-refractivity contribution in [3.63, 3.8) is 0 Å². The van der Waals surface area contributed by atoms with Crippen molar-refractivity contribution in [2.75, 3.05) is 0 Å². The Balaban J connectivity index is 1.55. The summed E-state index contributed by atoms with van der Waals surface area (Å²) in [5.74, 6) is -3.28. The average Bonchev–Trinajstić information content (AvgIpc) is 0.656. The zero-order chi connectivity index (χ0) is 72.8. The summed E-state index contributed by atoms with van der Waals surface area (Å²) in [4.78, 5) is 96.5. The standard InChI is InChI=1S/C75H105N3O15S3/c1-25-70(34-28-31-46-37-49(64(7,8)9)55(79)50(38-46)65(10,11)12)73(58(82)91-70,88-43(4)94)76-61(85)77(74(89-44(5)95)59(83)92-71(74,26-2)35-29-32-47-39-51(66(13,14)15)56(80)52(40-47)67(16,17)18)63(87)78(62(76)86)75(90-45(6)96)60(84)93-72(75,27-3)36-30-33-48-41-53(68(19,20)21)57(81)54(42-48)69(22,23)24/h37-42,79-81H,25-36H2,1-24H3. The molecule has 1 aromatic heterocycles. The third-order valence-electron chi connectivity index (χ3n) is 19.7. The molecule has 6 atom stereocenters. The van der Waals surface area contributed by atoms with Crippen LogP contribution in [0.25, 0.3) is 0 Å². The number of aryl methyl sites for hydroxylation is 3. The predicted molar refractivity (Wildman–Crippen MR) is 384 cm³/mol. The van der Waals surface area contributed by atoms with Crippen molar-refractivity contribution >= 4 is 69.7 Å². The minimum atomic E-state index is -2.89. The molecule has 528 valence electrons. The normalized spacial score (nSPS) is 23.8. The van der Waals surface area contributed by atoms with Crippen LogP contribution in [-0.4, -0.2) is 78.9 Å². The highest BCUT2D eigenvalue weighted by molar-refractivity contribution is 7.80. The highest BCUT2D eigenvalue weighted by Gasteiger charge is 2.80. The van der Waals surface area contributed by atoms with E-state index in [0.29, 0.717) is 66.3 Å². The molecule has 6 unspecified atom stereocenters. The number of nitrogens with zero attached hydrogens (tertiary/aromatic N) is 3. The Morgan fingerprint density at radius 1 is 0.375 bits per heavy atom. The van der Waals surface area contributed by atoms with Gasteiger partial charge in [0.2, 0.25) is 0 Å². The first-order chi connectivity index (χ1) is 43.8. The number of benzene rings is 3. The van der Waals surface area contributed by atoms with Gasteiger partial charge in [-0.3, -0.25) is 0 Å². The summed E-state index contributed by atoms with van der Waals surface area (Å²) in [5.41, 5.74) is -15.5. The second-order valence-corrected chi connectivity index (χ2v) is 34.7. The molecule has 18 nitrogen and oxygen atoms in total. The Labute approximate surface area is 583 Å². The maximum atomic E-state index is 16.8. The summed E-state index contributed by atoms with van der Waals surface area (Å²) >= 11 is 17.1. The number of phenolic OH excluding ortho intramolecular Hbond substituents is 3. The molecule has 3 N–H and O–H groups in total. The number of phenols is 3. The number of hydrogen-bond donors (Lipinski definition) is 3. The van der Waals surface area contributed by atoms with Crippen LogP contribution in [0.4, 0.5) is 0 Å². The third-order valence-corrected chi connectivity index (χ3v) is 20.0. The number of thiocarbonyl (C=S) groups is 3. The number of aromatic nitrogens is 3. The Kier molecular flexibility index (Phi) is 20.8. The van der Waals surface area contributed by atoms with Crippen LogP contribution < -0.4 is 17.1 Å². The Bertz CT molecular complexity index is 3450.